The summed E-state index contributed by atoms with van der Waals surface area (Å²) in [4.78, 5) is 0. The summed E-state index contributed by atoms with van der Waals surface area (Å²) >= 11 is 0. The van der Waals surface area contributed by atoms with Crippen LogP contribution in [0.25, 0.3) is 0 Å². The molecule has 0 unspecified atom stereocenters. The van der Waals surface area contributed by atoms with Gasteiger partial charge in [-0.05, 0) is 32.1 Å². The van der Waals surface area contributed by atoms with E-state index in [0.29, 0.717) is 21.5 Å². The normalized spacial score (nSPS) is 12.6. The van der Waals surface area contributed by atoms with E-state index < -0.39 is 0 Å². The van der Waals surface area contributed by atoms with Gasteiger partial charge in [0.2, 0.25) is 0 Å². The maximum absolute atomic E-state index is 11.9. The van der Waals surface area contributed by atoms with Crippen molar-refractivity contribution < 1.29 is 14.1 Å². The number of likely N-dealkylation sites (N-methyl/N-ethyl adjacent to an activating group) is 1. The molecule has 45 heavy (non-hydrogen) atoms. The number of rotatable bonds is 37. The summed E-state index contributed by atoms with van der Waals surface area (Å²) in [6.45, 7) is 3.90. The molecule has 0 atom stereocenters. The number of quaternary nitrogens is 1. The molecule has 3 nitrogen and oxygen atoms in total. The second-order valence-electron chi connectivity index (χ2n) is 15.0. The summed E-state index contributed by atoms with van der Waals surface area (Å²) in [5, 5.41) is 11.9. The van der Waals surface area contributed by atoms with Gasteiger partial charge in [-0.3, -0.25) is 0 Å². The minimum atomic E-state index is 0.236. The summed E-state index contributed by atoms with van der Waals surface area (Å²) in [6, 6.07) is 0. The highest BCUT2D eigenvalue weighted by Gasteiger charge is 2.05. The zero-order valence-corrected chi connectivity index (χ0v) is 32.3. The molecule has 0 aromatic heterocycles. The van der Waals surface area contributed by atoms with Crippen LogP contribution in [0.1, 0.15) is 212 Å². The summed E-state index contributed by atoms with van der Waals surface area (Å²) in [7, 11) is 6.97. The maximum Gasteiger partial charge on any atom is 0.106 e. The Labute approximate surface area is 286 Å². The fourth-order valence-corrected chi connectivity index (χ4v) is 6.57. The number of allylic oxidation sites excluding steroid dienone is 2. The molecule has 0 aliphatic rings. The largest absolute Gasteiger partial charge is 0.826 e. The molecule has 0 fully saturated rings. The Morgan fingerprint density at radius 2 is 0.800 bits per heavy atom. The molecule has 0 aromatic rings. The van der Waals surface area contributed by atoms with Crippen molar-refractivity contribution in [2.45, 2.75) is 212 Å². The second-order valence-corrected chi connectivity index (χ2v) is 16.0. The lowest BCUT2D eigenvalue weighted by Crippen LogP contribution is -2.37. The average molecular weight is 652 g/mol. The van der Waals surface area contributed by atoms with Crippen LogP contribution in [0.15, 0.2) is 12.2 Å². The molecule has 0 N–H and O–H groups in total. The SMILES string of the molecule is CCCCCCCCCCCCCCCCCCCCCCCCCCC=CCCCCCCCC([O-])=POCC[N+](C)(C)C. The highest BCUT2D eigenvalue weighted by Crippen LogP contribution is 2.16. The predicted molar refractivity (Wildman–Crippen MR) is 203 cm³/mol. The highest BCUT2D eigenvalue weighted by atomic mass is 31.1. The molecule has 0 heterocycles. The number of hydrogen-bond donors (Lipinski definition) is 0. The lowest BCUT2D eigenvalue weighted by molar-refractivity contribution is -0.870. The average Bonchev–Trinajstić information content (AvgIpc) is 3.01. The molecule has 0 rings (SSSR count). The fourth-order valence-electron chi connectivity index (χ4n) is 6.01. The van der Waals surface area contributed by atoms with Crippen molar-refractivity contribution in [1.82, 2.24) is 0 Å². The van der Waals surface area contributed by atoms with Gasteiger partial charge in [0.15, 0.2) is 0 Å². The zero-order valence-electron chi connectivity index (χ0n) is 31.4. The van der Waals surface area contributed by atoms with E-state index in [-0.39, 0.29) is 5.48 Å². The van der Waals surface area contributed by atoms with Gasteiger partial charge in [-0.1, -0.05) is 192 Å². The summed E-state index contributed by atoms with van der Waals surface area (Å²) < 4.78 is 6.37. The molecule has 0 aliphatic heterocycles. The predicted octanol–water partition coefficient (Wildman–Crippen LogP) is 13.1. The summed E-state index contributed by atoms with van der Waals surface area (Å²) in [5.74, 6) is 0. The van der Waals surface area contributed by atoms with Crippen LogP contribution >= 0.6 is 8.43 Å². The first kappa shape index (κ1) is 44.8. The van der Waals surface area contributed by atoms with E-state index in [1.54, 1.807) is 0 Å². The number of hydrogen-bond acceptors (Lipinski definition) is 2. The van der Waals surface area contributed by atoms with E-state index in [1.165, 1.54) is 193 Å². The van der Waals surface area contributed by atoms with Crippen molar-refractivity contribution in [2.75, 3.05) is 34.3 Å². The Morgan fingerprint density at radius 1 is 0.489 bits per heavy atom. The second kappa shape index (κ2) is 36.6. The van der Waals surface area contributed by atoms with E-state index in [0.717, 1.165) is 17.4 Å². The van der Waals surface area contributed by atoms with Gasteiger partial charge in [-0.25, -0.2) is 0 Å². The minimum Gasteiger partial charge on any atom is -0.826 e. The van der Waals surface area contributed by atoms with Gasteiger partial charge in [0.05, 0.1) is 21.1 Å². The van der Waals surface area contributed by atoms with Crippen LogP contribution in [0.5, 0.6) is 0 Å². The van der Waals surface area contributed by atoms with Crippen molar-refractivity contribution in [2.24, 2.45) is 0 Å². The van der Waals surface area contributed by atoms with Crippen molar-refractivity contribution >= 4 is 13.9 Å². The first-order valence-corrected chi connectivity index (χ1v) is 21.1. The van der Waals surface area contributed by atoms with Gasteiger partial charge >= 0.3 is 0 Å². The van der Waals surface area contributed by atoms with E-state index >= 15 is 0 Å². The molecule has 0 radical (unpaired) electrons. The third-order valence-corrected chi connectivity index (χ3v) is 9.91. The van der Waals surface area contributed by atoms with Crippen molar-refractivity contribution in [1.29, 1.82) is 0 Å². The summed E-state index contributed by atoms with van der Waals surface area (Å²) in [5.41, 5.74) is 0.236. The Bertz CT molecular complexity index is 627. The van der Waals surface area contributed by atoms with Crippen LogP contribution in [-0.2, 0) is 4.52 Å². The first-order valence-electron chi connectivity index (χ1n) is 20.3. The molecular weight excluding hydrogens is 569 g/mol. The molecule has 0 spiro atoms. The Morgan fingerprint density at radius 3 is 1.13 bits per heavy atom. The van der Waals surface area contributed by atoms with E-state index in [4.69, 9.17) is 4.52 Å². The molecule has 0 amide bonds. The molecule has 0 aliphatic carbocycles. The van der Waals surface area contributed by atoms with Gasteiger partial charge in [0, 0.05) is 8.43 Å². The van der Waals surface area contributed by atoms with Gasteiger partial charge in [0.1, 0.15) is 13.2 Å². The zero-order chi connectivity index (χ0) is 32.9. The quantitative estimate of drug-likeness (QED) is 0.0290. The Balaban J connectivity index is 3.19. The minimum absolute atomic E-state index is 0.236. The van der Waals surface area contributed by atoms with Crippen molar-refractivity contribution in [3.63, 3.8) is 0 Å². The van der Waals surface area contributed by atoms with Crippen molar-refractivity contribution in [3.8, 4) is 0 Å². The van der Waals surface area contributed by atoms with E-state index in [9.17, 15) is 5.11 Å². The van der Waals surface area contributed by atoms with Crippen LogP contribution in [0.2, 0.25) is 0 Å². The fraction of sp³-hybridized carbons (Fsp3) is 0.927. The lowest BCUT2D eigenvalue weighted by Gasteiger charge is -2.23. The lowest BCUT2D eigenvalue weighted by atomic mass is 10.0. The van der Waals surface area contributed by atoms with Crippen LogP contribution in [0.3, 0.4) is 0 Å². The third kappa shape index (κ3) is 41.8. The third-order valence-electron chi connectivity index (χ3n) is 9.17. The molecule has 4 heteroatoms. The topological polar surface area (TPSA) is 32.3 Å². The van der Waals surface area contributed by atoms with E-state index in [1.807, 2.05) is 0 Å². The Kier molecular flexibility index (Phi) is 36.5. The number of unbranched alkanes of at least 4 members (excludes halogenated alkanes) is 29. The van der Waals surface area contributed by atoms with Gasteiger partial charge < -0.3 is 14.1 Å². The number of nitrogens with zero attached hydrogens (tertiary/aromatic N) is 1. The van der Waals surface area contributed by atoms with Gasteiger partial charge in [-0.2, -0.15) is 0 Å². The van der Waals surface area contributed by atoms with Crippen LogP contribution < -0.4 is 5.11 Å². The van der Waals surface area contributed by atoms with Crippen LogP contribution in [-0.4, -0.2) is 44.3 Å². The van der Waals surface area contributed by atoms with Crippen LogP contribution in [0.4, 0.5) is 0 Å². The standard InChI is InChI=1S/C41H82NO2P/c1-5-6-7-8-9-10-11-12-13-14-15-16-17-18-19-20-21-22-23-24-25-26-27-28-29-30-31-32-33-34-35-36-37-38-41(43)45-44-40-39-42(2,3)4/h30-31H,5-29,32-40H2,1-4H3. The molecular formula is C41H82NO2P. The molecule has 0 saturated heterocycles. The molecule has 0 bridgehead atoms. The van der Waals surface area contributed by atoms with E-state index in [2.05, 4.69) is 40.2 Å². The van der Waals surface area contributed by atoms with Crippen LogP contribution in [0, 0.1) is 0 Å². The van der Waals surface area contributed by atoms with Crippen molar-refractivity contribution in [3.05, 3.63) is 12.2 Å². The van der Waals surface area contributed by atoms with Gasteiger partial charge in [-0.15, -0.1) is 5.48 Å². The monoisotopic (exact) mass is 652 g/mol. The first-order chi connectivity index (χ1) is 22.0. The summed E-state index contributed by atoms with van der Waals surface area (Å²) in [6.07, 6.45) is 48.9. The van der Waals surface area contributed by atoms with Gasteiger partial charge in [0.25, 0.3) is 0 Å². The highest BCUT2D eigenvalue weighted by molar-refractivity contribution is 7.34. The molecule has 268 valence electrons. The molecule has 0 saturated carbocycles. The maximum atomic E-state index is 11.9. The Hall–Kier alpha value is -0.210. The smallest absolute Gasteiger partial charge is 0.106 e. The molecule has 0 aromatic carbocycles.